The molecule has 0 aromatic rings. The molecule has 0 aromatic heterocycles. The second kappa shape index (κ2) is 8.96. The summed E-state index contributed by atoms with van der Waals surface area (Å²) in [5.41, 5.74) is 0.232. The van der Waals surface area contributed by atoms with E-state index in [9.17, 15) is 8.78 Å². The lowest BCUT2D eigenvalue weighted by atomic mass is 9.84. The van der Waals surface area contributed by atoms with Gasteiger partial charge >= 0.3 is 0 Å². The third-order valence-corrected chi connectivity index (χ3v) is 5.02. The van der Waals surface area contributed by atoms with Crippen LogP contribution >= 0.6 is 0 Å². The van der Waals surface area contributed by atoms with Gasteiger partial charge in [0.2, 0.25) is 6.43 Å². The number of unbranched alkanes of at least 4 members (excludes halogenated alkanes) is 3. The maximum absolute atomic E-state index is 12.8. The fourth-order valence-corrected chi connectivity index (χ4v) is 3.60. The molecule has 0 saturated carbocycles. The molecule has 0 aliphatic carbocycles. The third kappa shape index (κ3) is 5.31. The lowest BCUT2D eigenvalue weighted by molar-refractivity contribution is -0.00461. The van der Waals surface area contributed by atoms with Gasteiger partial charge in [-0.05, 0) is 45.7 Å². The molecule has 1 aliphatic rings. The number of nitrogens with zero attached hydrogens (tertiary/aromatic N) is 1. The zero-order chi connectivity index (χ0) is 15.0. The summed E-state index contributed by atoms with van der Waals surface area (Å²) < 4.78 is 25.5. The van der Waals surface area contributed by atoms with Crippen LogP contribution in [0.15, 0.2) is 0 Å². The molecule has 0 aromatic carbocycles. The SMILES string of the molecule is CCCCCCC(C)(CCC)N1CCC(C(F)F)CC1. The van der Waals surface area contributed by atoms with Crippen molar-refractivity contribution in [2.75, 3.05) is 13.1 Å². The molecule has 0 bridgehead atoms. The predicted octanol–water partition coefficient (Wildman–Crippen LogP) is 5.49. The summed E-state index contributed by atoms with van der Waals surface area (Å²) in [6.07, 6.45) is 7.98. The van der Waals surface area contributed by atoms with Gasteiger partial charge in [0, 0.05) is 11.5 Å². The Morgan fingerprint density at radius 1 is 1.00 bits per heavy atom. The van der Waals surface area contributed by atoms with E-state index in [1.165, 1.54) is 44.9 Å². The Morgan fingerprint density at radius 2 is 1.65 bits per heavy atom. The molecule has 1 aliphatic heterocycles. The molecule has 0 amide bonds. The molecule has 20 heavy (non-hydrogen) atoms. The highest BCUT2D eigenvalue weighted by Crippen LogP contribution is 2.33. The maximum Gasteiger partial charge on any atom is 0.241 e. The van der Waals surface area contributed by atoms with E-state index in [-0.39, 0.29) is 11.5 Å². The van der Waals surface area contributed by atoms with Gasteiger partial charge in [0.1, 0.15) is 0 Å². The van der Waals surface area contributed by atoms with Gasteiger partial charge in [-0.25, -0.2) is 8.78 Å². The molecule has 1 saturated heterocycles. The van der Waals surface area contributed by atoms with Crippen LogP contribution in [-0.2, 0) is 0 Å². The highest BCUT2D eigenvalue weighted by Gasteiger charge is 2.35. The van der Waals surface area contributed by atoms with E-state index in [4.69, 9.17) is 0 Å². The van der Waals surface area contributed by atoms with E-state index in [0.717, 1.165) is 13.1 Å². The predicted molar refractivity (Wildman–Crippen MR) is 82.4 cm³/mol. The normalized spacial score (nSPS) is 21.3. The van der Waals surface area contributed by atoms with E-state index in [1.54, 1.807) is 0 Å². The van der Waals surface area contributed by atoms with Crippen molar-refractivity contribution in [1.82, 2.24) is 4.90 Å². The van der Waals surface area contributed by atoms with Crippen LogP contribution in [0.2, 0.25) is 0 Å². The van der Waals surface area contributed by atoms with Crippen molar-refractivity contribution in [3.05, 3.63) is 0 Å². The zero-order valence-corrected chi connectivity index (χ0v) is 13.6. The zero-order valence-electron chi connectivity index (χ0n) is 13.6. The lowest BCUT2D eigenvalue weighted by Crippen LogP contribution is -2.50. The molecule has 0 N–H and O–H groups in total. The van der Waals surface area contributed by atoms with Gasteiger partial charge in [-0.15, -0.1) is 0 Å². The van der Waals surface area contributed by atoms with Crippen molar-refractivity contribution in [2.24, 2.45) is 5.92 Å². The molecule has 1 unspecified atom stereocenters. The highest BCUT2D eigenvalue weighted by molar-refractivity contribution is 4.89. The number of piperidine rings is 1. The maximum atomic E-state index is 12.8. The molecule has 120 valence electrons. The molecule has 3 heteroatoms. The van der Waals surface area contributed by atoms with Crippen LogP contribution in [0.1, 0.15) is 78.6 Å². The highest BCUT2D eigenvalue weighted by atomic mass is 19.3. The molecule has 1 rings (SSSR count). The quantitative estimate of drug-likeness (QED) is 0.507. The van der Waals surface area contributed by atoms with Crippen LogP contribution in [0.3, 0.4) is 0 Å². The number of likely N-dealkylation sites (tertiary alicyclic amines) is 1. The van der Waals surface area contributed by atoms with Crippen molar-refractivity contribution in [2.45, 2.75) is 90.5 Å². The summed E-state index contributed by atoms with van der Waals surface area (Å²) in [6, 6.07) is 0. The Morgan fingerprint density at radius 3 is 2.15 bits per heavy atom. The van der Waals surface area contributed by atoms with Crippen LogP contribution in [0, 0.1) is 5.92 Å². The van der Waals surface area contributed by atoms with Gasteiger partial charge in [-0.1, -0.05) is 46.0 Å². The molecule has 1 fully saturated rings. The first-order chi connectivity index (χ1) is 9.53. The third-order valence-electron chi connectivity index (χ3n) is 5.02. The monoisotopic (exact) mass is 289 g/mol. The van der Waals surface area contributed by atoms with Crippen LogP contribution in [0.4, 0.5) is 8.78 Å². The Labute approximate surface area is 124 Å². The fraction of sp³-hybridized carbons (Fsp3) is 1.00. The van der Waals surface area contributed by atoms with Gasteiger partial charge < -0.3 is 0 Å². The Hall–Kier alpha value is -0.180. The van der Waals surface area contributed by atoms with Crippen LogP contribution < -0.4 is 0 Å². The molecule has 0 spiro atoms. The lowest BCUT2D eigenvalue weighted by Gasteiger charge is -2.45. The number of hydrogen-bond donors (Lipinski definition) is 0. The molecule has 0 radical (unpaired) electrons. The molecule has 1 atom stereocenters. The summed E-state index contributed by atoms with van der Waals surface area (Å²) in [5, 5.41) is 0. The molecular formula is C17H33F2N. The van der Waals surface area contributed by atoms with E-state index in [2.05, 4.69) is 25.7 Å². The minimum absolute atomic E-state index is 0.232. The van der Waals surface area contributed by atoms with E-state index < -0.39 is 6.43 Å². The summed E-state index contributed by atoms with van der Waals surface area (Å²) >= 11 is 0. The van der Waals surface area contributed by atoms with E-state index in [1.807, 2.05) is 0 Å². The van der Waals surface area contributed by atoms with Gasteiger partial charge in [0.15, 0.2) is 0 Å². The molecule has 1 nitrogen and oxygen atoms in total. The molecular weight excluding hydrogens is 256 g/mol. The van der Waals surface area contributed by atoms with Crippen molar-refractivity contribution < 1.29 is 8.78 Å². The number of halogens is 2. The van der Waals surface area contributed by atoms with E-state index >= 15 is 0 Å². The summed E-state index contributed by atoms with van der Waals surface area (Å²) in [6.45, 7) is 8.54. The average Bonchev–Trinajstić information content (AvgIpc) is 2.44. The minimum atomic E-state index is -2.13. The number of alkyl halides is 2. The summed E-state index contributed by atoms with van der Waals surface area (Å²) in [4.78, 5) is 2.50. The largest absolute Gasteiger partial charge is 0.298 e. The smallest absolute Gasteiger partial charge is 0.241 e. The Kier molecular flexibility index (Phi) is 8.01. The van der Waals surface area contributed by atoms with Gasteiger partial charge in [-0.2, -0.15) is 0 Å². The number of rotatable bonds is 9. The molecule has 1 heterocycles. The van der Waals surface area contributed by atoms with Crippen LogP contribution in [-0.4, -0.2) is 30.0 Å². The van der Waals surface area contributed by atoms with Crippen molar-refractivity contribution >= 4 is 0 Å². The first-order valence-electron chi connectivity index (χ1n) is 8.56. The second-order valence-electron chi connectivity index (χ2n) is 6.72. The van der Waals surface area contributed by atoms with Crippen molar-refractivity contribution in [1.29, 1.82) is 0 Å². The average molecular weight is 289 g/mol. The van der Waals surface area contributed by atoms with E-state index in [0.29, 0.717) is 12.8 Å². The topological polar surface area (TPSA) is 3.24 Å². The van der Waals surface area contributed by atoms with Gasteiger partial charge in [-0.3, -0.25) is 4.90 Å². The van der Waals surface area contributed by atoms with Crippen molar-refractivity contribution in [3.63, 3.8) is 0 Å². The van der Waals surface area contributed by atoms with Crippen molar-refractivity contribution in [3.8, 4) is 0 Å². The summed E-state index contributed by atoms with van der Waals surface area (Å²) in [7, 11) is 0. The number of hydrogen-bond acceptors (Lipinski definition) is 1. The minimum Gasteiger partial charge on any atom is -0.298 e. The Balaban J connectivity index is 2.48. The first kappa shape index (κ1) is 17.9. The van der Waals surface area contributed by atoms with Gasteiger partial charge in [0.05, 0.1) is 0 Å². The van der Waals surface area contributed by atoms with Gasteiger partial charge in [0.25, 0.3) is 0 Å². The fourth-order valence-electron chi connectivity index (χ4n) is 3.60. The van der Waals surface area contributed by atoms with Crippen LogP contribution in [0.25, 0.3) is 0 Å². The second-order valence-corrected chi connectivity index (χ2v) is 6.72. The standard InChI is InChI=1S/C17H33F2N/c1-4-6-7-8-12-17(3,11-5-2)20-13-9-15(10-14-20)16(18)19/h15-16H,4-14H2,1-3H3. The first-order valence-corrected chi connectivity index (χ1v) is 8.56. The summed E-state index contributed by atoms with van der Waals surface area (Å²) in [5.74, 6) is -0.364. The van der Waals surface area contributed by atoms with Crippen LogP contribution in [0.5, 0.6) is 0 Å². The Bertz CT molecular complexity index is 249.